The van der Waals surface area contributed by atoms with Crippen molar-refractivity contribution >= 4 is 15.9 Å². The highest BCUT2D eigenvalue weighted by Gasteiger charge is 2.12. The molecule has 0 heterocycles. The first-order chi connectivity index (χ1) is 9.51. The van der Waals surface area contributed by atoms with Gasteiger partial charge in [0.2, 0.25) is 0 Å². The number of hydrogen-bond donors (Lipinski definition) is 1. The minimum atomic E-state index is -0.225. The van der Waals surface area contributed by atoms with E-state index in [2.05, 4.69) is 28.2 Å². The van der Waals surface area contributed by atoms with Crippen molar-refractivity contribution in [3.05, 3.63) is 57.8 Å². The Balaban J connectivity index is 2.35. The van der Waals surface area contributed by atoms with Crippen molar-refractivity contribution in [3.63, 3.8) is 0 Å². The molecule has 20 heavy (non-hydrogen) atoms. The third-order valence-corrected chi connectivity index (χ3v) is 3.72. The predicted octanol–water partition coefficient (Wildman–Crippen LogP) is 4.97. The zero-order valence-corrected chi connectivity index (χ0v) is 13.3. The summed E-state index contributed by atoms with van der Waals surface area (Å²) in [5, 5.41) is 3.19. The Labute approximate surface area is 127 Å². The van der Waals surface area contributed by atoms with Crippen LogP contribution in [0.2, 0.25) is 0 Å². The second-order valence-corrected chi connectivity index (χ2v) is 5.62. The van der Waals surface area contributed by atoms with Crippen molar-refractivity contribution < 1.29 is 9.13 Å². The Kier molecular flexibility index (Phi) is 4.78. The molecule has 0 aliphatic carbocycles. The number of rotatable bonds is 4. The van der Waals surface area contributed by atoms with Crippen LogP contribution in [0.15, 0.2) is 40.9 Å². The average molecular weight is 338 g/mol. The van der Waals surface area contributed by atoms with Gasteiger partial charge in [0.1, 0.15) is 17.3 Å². The van der Waals surface area contributed by atoms with Gasteiger partial charge in [-0.1, -0.05) is 15.9 Å². The molecule has 0 bridgehead atoms. The summed E-state index contributed by atoms with van der Waals surface area (Å²) in [5.41, 5.74) is 1.62. The Morgan fingerprint density at radius 2 is 1.95 bits per heavy atom. The van der Waals surface area contributed by atoms with Gasteiger partial charge in [0, 0.05) is 16.1 Å². The maximum absolute atomic E-state index is 13.3. The normalized spacial score (nSPS) is 12.2. The lowest BCUT2D eigenvalue weighted by molar-refractivity contribution is 0.464. The Bertz CT molecular complexity index is 615. The standard InChI is InChI=1S/C16H17BrFNO/c1-10-8-13(5-6-15(10)18)20-16-7-4-12(17)9-14(16)11(2)19-3/h4-9,11,19H,1-3H3. The highest BCUT2D eigenvalue weighted by atomic mass is 79.9. The summed E-state index contributed by atoms with van der Waals surface area (Å²) in [5.74, 6) is 1.17. The molecule has 0 radical (unpaired) electrons. The first-order valence-corrected chi connectivity index (χ1v) is 7.21. The van der Waals surface area contributed by atoms with Crippen molar-refractivity contribution in [1.82, 2.24) is 5.32 Å². The zero-order valence-electron chi connectivity index (χ0n) is 11.7. The van der Waals surface area contributed by atoms with E-state index in [9.17, 15) is 4.39 Å². The monoisotopic (exact) mass is 337 g/mol. The molecule has 0 amide bonds. The van der Waals surface area contributed by atoms with Crippen LogP contribution in [0.1, 0.15) is 24.1 Å². The SMILES string of the molecule is CNC(C)c1cc(Br)ccc1Oc1ccc(F)c(C)c1. The largest absolute Gasteiger partial charge is 0.457 e. The maximum Gasteiger partial charge on any atom is 0.132 e. The fourth-order valence-corrected chi connectivity index (χ4v) is 2.29. The minimum absolute atomic E-state index is 0.157. The summed E-state index contributed by atoms with van der Waals surface area (Å²) in [7, 11) is 1.90. The van der Waals surface area contributed by atoms with Gasteiger partial charge in [-0.25, -0.2) is 4.39 Å². The summed E-state index contributed by atoms with van der Waals surface area (Å²) in [4.78, 5) is 0. The van der Waals surface area contributed by atoms with Crippen LogP contribution >= 0.6 is 15.9 Å². The predicted molar refractivity (Wildman–Crippen MR) is 82.8 cm³/mol. The van der Waals surface area contributed by atoms with E-state index in [1.807, 2.05) is 25.2 Å². The molecule has 0 aromatic heterocycles. The van der Waals surface area contributed by atoms with E-state index in [-0.39, 0.29) is 11.9 Å². The molecule has 0 spiro atoms. The van der Waals surface area contributed by atoms with Gasteiger partial charge in [-0.2, -0.15) is 0 Å². The summed E-state index contributed by atoms with van der Waals surface area (Å²) in [6.45, 7) is 3.78. The minimum Gasteiger partial charge on any atom is -0.457 e. The molecule has 1 unspecified atom stereocenters. The molecule has 0 saturated carbocycles. The van der Waals surface area contributed by atoms with Crippen LogP contribution in [0.3, 0.4) is 0 Å². The number of nitrogens with one attached hydrogen (secondary N) is 1. The first kappa shape index (κ1) is 15.0. The number of benzene rings is 2. The summed E-state index contributed by atoms with van der Waals surface area (Å²) in [6.07, 6.45) is 0. The van der Waals surface area contributed by atoms with Crippen LogP contribution in [-0.4, -0.2) is 7.05 Å². The lowest BCUT2D eigenvalue weighted by Gasteiger charge is -2.17. The van der Waals surface area contributed by atoms with Gasteiger partial charge in [-0.05, 0) is 62.9 Å². The van der Waals surface area contributed by atoms with E-state index < -0.39 is 0 Å². The van der Waals surface area contributed by atoms with Gasteiger partial charge in [0.25, 0.3) is 0 Å². The molecule has 0 fully saturated rings. The van der Waals surface area contributed by atoms with Crippen molar-refractivity contribution in [2.45, 2.75) is 19.9 Å². The fraction of sp³-hybridized carbons (Fsp3) is 0.250. The molecule has 2 rings (SSSR count). The van der Waals surface area contributed by atoms with E-state index in [0.717, 1.165) is 15.8 Å². The van der Waals surface area contributed by atoms with Crippen LogP contribution in [0.25, 0.3) is 0 Å². The van der Waals surface area contributed by atoms with E-state index in [0.29, 0.717) is 11.3 Å². The van der Waals surface area contributed by atoms with Gasteiger partial charge in [0.05, 0.1) is 0 Å². The molecular weight excluding hydrogens is 321 g/mol. The molecule has 4 heteroatoms. The molecule has 2 aromatic carbocycles. The number of ether oxygens (including phenoxy) is 1. The Hall–Kier alpha value is -1.39. The number of halogens is 2. The van der Waals surface area contributed by atoms with Crippen molar-refractivity contribution in [1.29, 1.82) is 0 Å². The summed E-state index contributed by atoms with van der Waals surface area (Å²) in [6, 6.07) is 10.8. The van der Waals surface area contributed by atoms with Crippen molar-refractivity contribution in [2.75, 3.05) is 7.05 Å². The highest BCUT2D eigenvalue weighted by molar-refractivity contribution is 9.10. The first-order valence-electron chi connectivity index (χ1n) is 6.42. The molecule has 0 saturated heterocycles. The molecular formula is C16H17BrFNO. The molecule has 106 valence electrons. The smallest absolute Gasteiger partial charge is 0.132 e. The maximum atomic E-state index is 13.3. The van der Waals surface area contributed by atoms with Gasteiger partial charge < -0.3 is 10.1 Å². The van der Waals surface area contributed by atoms with Crippen molar-refractivity contribution in [2.24, 2.45) is 0 Å². The highest BCUT2D eigenvalue weighted by Crippen LogP contribution is 2.32. The third kappa shape index (κ3) is 3.38. The number of hydrogen-bond acceptors (Lipinski definition) is 2. The molecule has 1 atom stereocenters. The lowest BCUT2D eigenvalue weighted by Crippen LogP contribution is -2.13. The van der Waals surface area contributed by atoms with Gasteiger partial charge >= 0.3 is 0 Å². The van der Waals surface area contributed by atoms with Crippen molar-refractivity contribution in [3.8, 4) is 11.5 Å². The van der Waals surface area contributed by atoms with E-state index in [4.69, 9.17) is 4.74 Å². The molecule has 2 aromatic rings. The van der Waals surface area contributed by atoms with E-state index >= 15 is 0 Å². The average Bonchev–Trinajstić information content (AvgIpc) is 2.44. The van der Waals surface area contributed by atoms with Gasteiger partial charge in [-0.15, -0.1) is 0 Å². The molecule has 1 N–H and O–H groups in total. The second kappa shape index (κ2) is 6.37. The molecule has 0 aliphatic rings. The fourth-order valence-electron chi connectivity index (χ4n) is 1.91. The summed E-state index contributed by atoms with van der Waals surface area (Å²) >= 11 is 3.47. The zero-order chi connectivity index (χ0) is 14.7. The number of aryl methyl sites for hydroxylation is 1. The van der Waals surface area contributed by atoms with Crippen LogP contribution in [0.4, 0.5) is 4.39 Å². The van der Waals surface area contributed by atoms with Gasteiger partial charge in [0.15, 0.2) is 0 Å². The Morgan fingerprint density at radius 1 is 1.20 bits per heavy atom. The van der Waals surface area contributed by atoms with Crippen LogP contribution in [-0.2, 0) is 0 Å². The van der Waals surface area contributed by atoms with Gasteiger partial charge in [-0.3, -0.25) is 0 Å². The van der Waals surface area contributed by atoms with Crippen LogP contribution in [0.5, 0.6) is 11.5 Å². The van der Waals surface area contributed by atoms with Crippen LogP contribution in [0, 0.1) is 12.7 Å². The third-order valence-electron chi connectivity index (χ3n) is 3.23. The second-order valence-electron chi connectivity index (χ2n) is 4.71. The molecule has 2 nitrogen and oxygen atoms in total. The molecule has 0 aliphatic heterocycles. The van der Waals surface area contributed by atoms with Crippen LogP contribution < -0.4 is 10.1 Å². The summed E-state index contributed by atoms with van der Waals surface area (Å²) < 4.78 is 20.2. The Morgan fingerprint density at radius 3 is 2.60 bits per heavy atom. The quantitative estimate of drug-likeness (QED) is 0.850. The van der Waals surface area contributed by atoms with E-state index in [1.165, 1.54) is 6.07 Å². The lowest BCUT2D eigenvalue weighted by atomic mass is 10.1. The van der Waals surface area contributed by atoms with E-state index in [1.54, 1.807) is 19.1 Å². The topological polar surface area (TPSA) is 21.3 Å².